The number of nitrogens with zero attached hydrogens (tertiary/aromatic N) is 1. The van der Waals surface area contributed by atoms with Crippen LogP contribution in [0.4, 0.5) is 23.7 Å². The van der Waals surface area contributed by atoms with Crippen molar-refractivity contribution in [1.29, 1.82) is 0 Å². The SMILES string of the molecule is C=CCN(CCO)C(=O)Nc1ccccc1OC(F)(F)F. The summed E-state index contributed by atoms with van der Waals surface area (Å²) in [7, 11) is 0. The minimum Gasteiger partial charge on any atom is -0.404 e. The molecule has 5 nitrogen and oxygen atoms in total. The number of hydrogen-bond acceptors (Lipinski definition) is 3. The first-order chi connectivity index (χ1) is 9.87. The molecule has 0 radical (unpaired) electrons. The van der Waals surface area contributed by atoms with Crippen LogP contribution in [0.15, 0.2) is 36.9 Å². The molecule has 1 aromatic rings. The highest BCUT2D eigenvalue weighted by Gasteiger charge is 2.32. The number of anilines is 1. The zero-order chi connectivity index (χ0) is 15.9. The van der Waals surface area contributed by atoms with E-state index in [-0.39, 0.29) is 25.4 Å². The zero-order valence-corrected chi connectivity index (χ0v) is 11.1. The van der Waals surface area contributed by atoms with Crippen LogP contribution in [0.25, 0.3) is 0 Å². The molecule has 0 aliphatic carbocycles. The zero-order valence-electron chi connectivity index (χ0n) is 11.1. The van der Waals surface area contributed by atoms with Crippen LogP contribution in [-0.4, -0.2) is 42.1 Å². The molecule has 0 aliphatic heterocycles. The summed E-state index contributed by atoms with van der Waals surface area (Å²) in [6.45, 7) is 3.36. The number of aliphatic hydroxyl groups is 1. The predicted molar refractivity (Wildman–Crippen MR) is 71.0 cm³/mol. The second kappa shape index (κ2) is 7.53. The lowest BCUT2D eigenvalue weighted by molar-refractivity contribution is -0.274. The maximum atomic E-state index is 12.3. The molecule has 0 atom stereocenters. The highest BCUT2D eigenvalue weighted by molar-refractivity contribution is 5.91. The Balaban J connectivity index is 2.86. The van der Waals surface area contributed by atoms with E-state index < -0.39 is 18.1 Å². The molecular formula is C13H15F3N2O3. The van der Waals surface area contributed by atoms with Crippen LogP contribution >= 0.6 is 0 Å². The van der Waals surface area contributed by atoms with E-state index in [1.54, 1.807) is 0 Å². The quantitative estimate of drug-likeness (QED) is 0.794. The molecule has 21 heavy (non-hydrogen) atoms. The third-order valence-corrected chi connectivity index (χ3v) is 2.36. The van der Waals surface area contributed by atoms with E-state index in [2.05, 4.69) is 16.6 Å². The molecule has 0 bridgehead atoms. The maximum Gasteiger partial charge on any atom is 0.573 e. The average Bonchev–Trinajstić information content (AvgIpc) is 2.39. The maximum absolute atomic E-state index is 12.3. The molecule has 116 valence electrons. The van der Waals surface area contributed by atoms with Crippen molar-refractivity contribution in [3.63, 3.8) is 0 Å². The number of ether oxygens (including phenoxy) is 1. The molecule has 2 amide bonds. The van der Waals surface area contributed by atoms with Crippen molar-refractivity contribution in [2.75, 3.05) is 25.0 Å². The van der Waals surface area contributed by atoms with E-state index in [1.165, 1.54) is 29.2 Å². The van der Waals surface area contributed by atoms with E-state index in [0.29, 0.717) is 0 Å². The Morgan fingerprint density at radius 3 is 2.67 bits per heavy atom. The van der Waals surface area contributed by atoms with E-state index >= 15 is 0 Å². The van der Waals surface area contributed by atoms with E-state index in [4.69, 9.17) is 5.11 Å². The number of amides is 2. The van der Waals surface area contributed by atoms with Gasteiger partial charge < -0.3 is 20.1 Å². The van der Waals surface area contributed by atoms with Crippen LogP contribution in [-0.2, 0) is 0 Å². The van der Waals surface area contributed by atoms with Gasteiger partial charge in [0, 0.05) is 13.1 Å². The number of carbonyl (C=O) groups is 1. The number of para-hydroxylation sites is 2. The van der Waals surface area contributed by atoms with E-state index in [9.17, 15) is 18.0 Å². The number of rotatable bonds is 6. The molecule has 0 saturated carbocycles. The fraction of sp³-hybridized carbons (Fsp3) is 0.308. The van der Waals surface area contributed by atoms with Gasteiger partial charge in [0.25, 0.3) is 0 Å². The summed E-state index contributed by atoms with van der Waals surface area (Å²) >= 11 is 0. The Morgan fingerprint density at radius 2 is 2.10 bits per heavy atom. The Hall–Kier alpha value is -2.22. The highest BCUT2D eigenvalue weighted by atomic mass is 19.4. The second-order valence-electron chi connectivity index (χ2n) is 3.93. The van der Waals surface area contributed by atoms with Gasteiger partial charge in [-0.2, -0.15) is 0 Å². The van der Waals surface area contributed by atoms with Gasteiger partial charge in [-0.1, -0.05) is 18.2 Å². The Bertz CT molecular complexity index is 492. The van der Waals surface area contributed by atoms with E-state index in [0.717, 1.165) is 6.07 Å². The Labute approximate surface area is 119 Å². The lowest BCUT2D eigenvalue weighted by Crippen LogP contribution is -2.37. The lowest BCUT2D eigenvalue weighted by Gasteiger charge is -2.21. The molecule has 1 aromatic carbocycles. The summed E-state index contributed by atoms with van der Waals surface area (Å²) in [5, 5.41) is 11.2. The number of urea groups is 1. The topological polar surface area (TPSA) is 61.8 Å². The predicted octanol–water partition coefficient (Wildman–Crippen LogP) is 2.60. The first-order valence-electron chi connectivity index (χ1n) is 6.00. The van der Waals surface area contributed by atoms with Gasteiger partial charge in [-0.25, -0.2) is 4.79 Å². The monoisotopic (exact) mass is 304 g/mol. The number of carbonyl (C=O) groups excluding carboxylic acids is 1. The van der Waals surface area contributed by atoms with Crippen molar-refractivity contribution in [3.05, 3.63) is 36.9 Å². The molecule has 0 fully saturated rings. The third kappa shape index (κ3) is 5.74. The number of hydrogen-bond donors (Lipinski definition) is 2. The van der Waals surface area contributed by atoms with Gasteiger partial charge in [0.05, 0.1) is 12.3 Å². The summed E-state index contributed by atoms with van der Waals surface area (Å²) in [6, 6.07) is 4.52. The standard InChI is InChI=1S/C13H15F3N2O3/c1-2-7-18(8-9-19)12(20)17-10-5-3-4-6-11(10)21-13(14,15)16/h2-6,19H,1,7-9H2,(H,17,20). The first kappa shape index (κ1) is 16.8. The van der Waals surface area contributed by atoms with Crippen molar-refractivity contribution in [3.8, 4) is 5.75 Å². The van der Waals surface area contributed by atoms with Crippen molar-refractivity contribution in [2.45, 2.75) is 6.36 Å². The summed E-state index contributed by atoms with van der Waals surface area (Å²) in [5.74, 6) is -0.513. The number of alkyl halides is 3. The largest absolute Gasteiger partial charge is 0.573 e. The third-order valence-electron chi connectivity index (χ3n) is 2.36. The van der Waals surface area contributed by atoms with Crippen LogP contribution in [0.5, 0.6) is 5.75 Å². The minimum atomic E-state index is -4.85. The van der Waals surface area contributed by atoms with Gasteiger partial charge >= 0.3 is 12.4 Å². The molecule has 2 N–H and O–H groups in total. The number of halogens is 3. The van der Waals surface area contributed by atoms with Crippen LogP contribution < -0.4 is 10.1 Å². The fourth-order valence-electron chi connectivity index (χ4n) is 1.53. The Morgan fingerprint density at radius 1 is 1.43 bits per heavy atom. The van der Waals surface area contributed by atoms with Crippen molar-refractivity contribution < 1.29 is 27.8 Å². The van der Waals surface area contributed by atoms with Crippen LogP contribution in [0.2, 0.25) is 0 Å². The minimum absolute atomic E-state index is 0.0279. The first-order valence-corrected chi connectivity index (χ1v) is 6.00. The number of benzene rings is 1. The molecule has 8 heteroatoms. The summed E-state index contributed by atoms with van der Waals surface area (Å²) in [4.78, 5) is 13.1. The van der Waals surface area contributed by atoms with Crippen molar-refractivity contribution in [1.82, 2.24) is 4.90 Å². The van der Waals surface area contributed by atoms with Crippen LogP contribution in [0.3, 0.4) is 0 Å². The van der Waals surface area contributed by atoms with Gasteiger partial charge in [0.1, 0.15) is 0 Å². The van der Waals surface area contributed by atoms with Gasteiger partial charge in [0.2, 0.25) is 0 Å². The summed E-state index contributed by atoms with van der Waals surface area (Å²) in [5.41, 5.74) is -0.119. The molecular weight excluding hydrogens is 289 g/mol. The molecule has 0 heterocycles. The van der Waals surface area contributed by atoms with Crippen LogP contribution in [0, 0.1) is 0 Å². The Kier molecular flexibility index (Phi) is 6.04. The normalized spacial score (nSPS) is 10.9. The lowest BCUT2D eigenvalue weighted by atomic mass is 10.3. The molecule has 0 saturated heterocycles. The fourth-order valence-corrected chi connectivity index (χ4v) is 1.53. The molecule has 0 aliphatic rings. The van der Waals surface area contributed by atoms with Gasteiger partial charge in [-0.05, 0) is 12.1 Å². The molecule has 0 unspecified atom stereocenters. The van der Waals surface area contributed by atoms with Crippen molar-refractivity contribution >= 4 is 11.7 Å². The summed E-state index contributed by atoms with van der Waals surface area (Å²) < 4.78 is 40.6. The van der Waals surface area contributed by atoms with Gasteiger partial charge in [-0.3, -0.25) is 0 Å². The van der Waals surface area contributed by atoms with Gasteiger partial charge in [-0.15, -0.1) is 19.8 Å². The van der Waals surface area contributed by atoms with Gasteiger partial charge in [0.15, 0.2) is 5.75 Å². The molecule has 0 spiro atoms. The van der Waals surface area contributed by atoms with E-state index in [1.807, 2.05) is 0 Å². The summed E-state index contributed by atoms with van der Waals surface area (Å²) in [6.07, 6.45) is -3.42. The second-order valence-corrected chi connectivity index (χ2v) is 3.93. The smallest absolute Gasteiger partial charge is 0.404 e. The molecule has 1 rings (SSSR count). The highest BCUT2D eigenvalue weighted by Crippen LogP contribution is 2.30. The molecule has 0 aromatic heterocycles. The number of aliphatic hydroxyl groups excluding tert-OH is 1. The average molecular weight is 304 g/mol. The van der Waals surface area contributed by atoms with Crippen LogP contribution in [0.1, 0.15) is 0 Å². The van der Waals surface area contributed by atoms with Crippen molar-refractivity contribution in [2.24, 2.45) is 0 Å². The number of nitrogens with one attached hydrogen (secondary N) is 1.